The lowest BCUT2D eigenvalue weighted by Gasteiger charge is -2.26. The first kappa shape index (κ1) is 22.4. The molecule has 7 heteroatoms. The predicted molar refractivity (Wildman–Crippen MR) is 111 cm³/mol. The van der Waals surface area contributed by atoms with Crippen LogP contribution in [0.25, 0.3) is 0 Å². The van der Waals surface area contributed by atoms with E-state index in [9.17, 15) is 13.5 Å². The van der Waals surface area contributed by atoms with E-state index in [1.165, 1.54) is 23.5 Å². The van der Waals surface area contributed by atoms with E-state index in [-0.39, 0.29) is 17.4 Å². The third-order valence-corrected chi connectivity index (χ3v) is 6.08. The Balaban J connectivity index is 2.02. The zero-order chi connectivity index (χ0) is 20.6. The number of rotatable bonds is 11. The molecule has 0 saturated heterocycles. The zero-order valence-electron chi connectivity index (χ0n) is 16.7. The summed E-state index contributed by atoms with van der Waals surface area (Å²) < 4.78 is 32.6. The average molecular weight is 407 g/mol. The fourth-order valence-corrected chi connectivity index (χ4v) is 4.49. The normalized spacial score (nSPS) is 13.1. The van der Waals surface area contributed by atoms with Gasteiger partial charge in [-0.1, -0.05) is 44.2 Å². The molecule has 2 N–H and O–H groups in total. The van der Waals surface area contributed by atoms with Crippen LogP contribution >= 0.6 is 0 Å². The molecule has 0 aliphatic heterocycles. The highest BCUT2D eigenvalue weighted by molar-refractivity contribution is 7.89. The van der Waals surface area contributed by atoms with Crippen molar-refractivity contribution in [2.75, 3.05) is 26.7 Å². The maximum atomic E-state index is 13.1. The molecule has 0 fully saturated rings. The Labute approximate surface area is 168 Å². The van der Waals surface area contributed by atoms with Gasteiger partial charge in [0.15, 0.2) is 0 Å². The van der Waals surface area contributed by atoms with Gasteiger partial charge < -0.3 is 15.2 Å². The molecule has 2 aromatic rings. The van der Waals surface area contributed by atoms with Crippen LogP contribution in [-0.4, -0.2) is 50.7 Å². The molecule has 0 amide bonds. The lowest BCUT2D eigenvalue weighted by Crippen LogP contribution is -2.43. The summed E-state index contributed by atoms with van der Waals surface area (Å²) in [6.45, 7) is 5.21. The minimum Gasteiger partial charge on any atom is -0.497 e. The van der Waals surface area contributed by atoms with Crippen molar-refractivity contribution in [1.29, 1.82) is 0 Å². The van der Waals surface area contributed by atoms with E-state index in [1.807, 2.05) is 44.2 Å². The fraction of sp³-hybridized carbons (Fsp3) is 0.429. The van der Waals surface area contributed by atoms with Gasteiger partial charge in [-0.2, -0.15) is 4.31 Å². The van der Waals surface area contributed by atoms with Gasteiger partial charge in [-0.05, 0) is 35.7 Å². The number of methoxy groups -OCH3 is 1. The molecule has 0 unspecified atom stereocenters. The molecular weight excluding hydrogens is 376 g/mol. The van der Waals surface area contributed by atoms with Gasteiger partial charge in [0.25, 0.3) is 0 Å². The molecule has 0 aromatic heterocycles. The van der Waals surface area contributed by atoms with Gasteiger partial charge in [-0.25, -0.2) is 8.42 Å². The Kier molecular flexibility index (Phi) is 8.44. The first-order valence-corrected chi connectivity index (χ1v) is 10.8. The Morgan fingerprint density at radius 2 is 1.68 bits per heavy atom. The Bertz CT molecular complexity index is 808. The highest BCUT2D eigenvalue weighted by Crippen LogP contribution is 2.20. The molecule has 0 radical (unpaired) electrons. The van der Waals surface area contributed by atoms with Crippen LogP contribution in [-0.2, 0) is 16.6 Å². The highest BCUT2D eigenvalue weighted by Gasteiger charge is 2.27. The van der Waals surface area contributed by atoms with Crippen molar-refractivity contribution in [3.05, 3.63) is 60.2 Å². The minimum atomic E-state index is -3.70. The summed E-state index contributed by atoms with van der Waals surface area (Å²) in [6, 6.07) is 16.2. The topological polar surface area (TPSA) is 78.9 Å². The van der Waals surface area contributed by atoms with Crippen LogP contribution in [0.3, 0.4) is 0 Å². The average Bonchev–Trinajstić information content (AvgIpc) is 2.68. The second kappa shape index (κ2) is 10.6. The first-order chi connectivity index (χ1) is 13.3. The van der Waals surface area contributed by atoms with Crippen molar-refractivity contribution in [3.63, 3.8) is 0 Å². The number of ether oxygens (including phenoxy) is 1. The van der Waals surface area contributed by atoms with E-state index >= 15 is 0 Å². The Morgan fingerprint density at radius 3 is 2.25 bits per heavy atom. The standard InChI is InChI=1S/C21H30N2O4S/c1-17(2)15-23(28(25,26)21-11-9-20(27-3)10-12-21)16-19(24)14-22-13-18-7-5-4-6-8-18/h4-12,17,19,22,24H,13-16H2,1-3H3/t19-/m1/s1. The van der Waals surface area contributed by atoms with E-state index < -0.39 is 16.1 Å². The van der Waals surface area contributed by atoms with Gasteiger partial charge in [0.05, 0.1) is 18.1 Å². The van der Waals surface area contributed by atoms with Crippen molar-refractivity contribution in [1.82, 2.24) is 9.62 Å². The molecular formula is C21H30N2O4S. The maximum Gasteiger partial charge on any atom is 0.243 e. The van der Waals surface area contributed by atoms with Crippen LogP contribution in [0.4, 0.5) is 0 Å². The molecule has 0 bridgehead atoms. The molecule has 0 spiro atoms. The molecule has 0 aliphatic rings. The van der Waals surface area contributed by atoms with Gasteiger partial charge in [-0.15, -0.1) is 0 Å². The summed E-state index contributed by atoms with van der Waals surface area (Å²) in [4.78, 5) is 0.193. The van der Waals surface area contributed by atoms with E-state index in [0.717, 1.165) is 5.56 Å². The lowest BCUT2D eigenvalue weighted by molar-refractivity contribution is 0.139. The number of nitrogens with one attached hydrogen (secondary N) is 1. The van der Waals surface area contributed by atoms with Gasteiger partial charge >= 0.3 is 0 Å². The highest BCUT2D eigenvalue weighted by atomic mass is 32.2. The van der Waals surface area contributed by atoms with Crippen LogP contribution in [0, 0.1) is 5.92 Å². The van der Waals surface area contributed by atoms with Crippen LogP contribution < -0.4 is 10.1 Å². The first-order valence-electron chi connectivity index (χ1n) is 9.40. The molecule has 0 aliphatic carbocycles. The van der Waals surface area contributed by atoms with Crippen LogP contribution in [0.2, 0.25) is 0 Å². The van der Waals surface area contributed by atoms with Gasteiger partial charge in [0.2, 0.25) is 10.0 Å². The lowest BCUT2D eigenvalue weighted by atomic mass is 10.2. The summed E-state index contributed by atoms with van der Waals surface area (Å²) in [7, 11) is -2.17. The van der Waals surface area contributed by atoms with Gasteiger partial charge in [0.1, 0.15) is 5.75 Å². The third kappa shape index (κ3) is 6.60. The number of nitrogens with zero attached hydrogens (tertiary/aromatic N) is 1. The quantitative estimate of drug-likeness (QED) is 0.599. The summed E-state index contributed by atoms with van der Waals surface area (Å²) >= 11 is 0. The number of hydrogen-bond donors (Lipinski definition) is 2. The summed E-state index contributed by atoms with van der Waals surface area (Å²) in [5.41, 5.74) is 1.11. The second-order valence-corrected chi connectivity index (χ2v) is 9.10. The smallest absolute Gasteiger partial charge is 0.243 e. The third-order valence-electron chi connectivity index (χ3n) is 4.23. The number of aliphatic hydroxyl groups excluding tert-OH is 1. The van der Waals surface area contributed by atoms with Crippen molar-refractivity contribution in [3.8, 4) is 5.75 Å². The SMILES string of the molecule is COc1ccc(S(=O)(=O)N(CC(C)C)C[C@H](O)CNCc2ccccc2)cc1. The number of aliphatic hydroxyl groups is 1. The molecule has 6 nitrogen and oxygen atoms in total. The molecule has 154 valence electrons. The van der Waals surface area contributed by atoms with Crippen molar-refractivity contribution in [2.45, 2.75) is 31.4 Å². The zero-order valence-corrected chi connectivity index (χ0v) is 17.5. The van der Waals surface area contributed by atoms with Gasteiger partial charge in [-0.3, -0.25) is 0 Å². The van der Waals surface area contributed by atoms with Crippen LogP contribution in [0.5, 0.6) is 5.75 Å². The maximum absolute atomic E-state index is 13.1. The van der Waals surface area contributed by atoms with Crippen molar-refractivity contribution < 1.29 is 18.3 Å². The van der Waals surface area contributed by atoms with Crippen molar-refractivity contribution in [2.24, 2.45) is 5.92 Å². The predicted octanol–water partition coefficient (Wildman–Crippen LogP) is 2.49. The largest absolute Gasteiger partial charge is 0.497 e. The second-order valence-electron chi connectivity index (χ2n) is 7.16. The molecule has 2 aromatic carbocycles. The molecule has 1 atom stereocenters. The number of sulfonamides is 1. The van der Waals surface area contributed by atoms with Crippen LogP contribution in [0.1, 0.15) is 19.4 Å². The fourth-order valence-electron chi connectivity index (χ4n) is 2.85. The van der Waals surface area contributed by atoms with Gasteiger partial charge in [0, 0.05) is 26.2 Å². The van der Waals surface area contributed by atoms with E-state index in [2.05, 4.69) is 5.32 Å². The minimum absolute atomic E-state index is 0.0360. The molecule has 28 heavy (non-hydrogen) atoms. The van der Waals surface area contributed by atoms with Crippen molar-refractivity contribution >= 4 is 10.0 Å². The van der Waals surface area contributed by atoms with Crippen LogP contribution in [0.15, 0.2) is 59.5 Å². The van der Waals surface area contributed by atoms with E-state index in [4.69, 9.17) is 4.74 Å². The number of hydrogen-bond acceptors (Lipinski definition) is 5. The summed E-state index contributed by atoms with van der Waals surface area (Å²) in [6.07, 6.45) is -0.810. The molecule has 2 rings (SSSR count). The monoisotopic (exact) mass is 406 g/mol. The Hall–Kier alpha value is -1.93. The summed E-state index contributed by atoms with van der Waals surface area (Å²) in [5.74, 6) is 0.733. The molecule has 0 heterocycles. The number of benzene rings is 2. The summed E-state index contributed by atoms with van der Waals surface area (Å²) in [5, 5.41) is 13.6. The molecule has 0 saturated carbocycles. The van der Waals surface area contributed by atoms with E-state index in [1.54, 1.807) is 12.1 Å². The van der Waals surface area contributed by atoms with E-state index in [0.29, 0.717) is 25.4 Å². The Morgan fingerprint density at radius 1 is 1.04 bits per heavy atom.